The molecule has 0 radical (unpaired) electrons. The van der Waals surface area contributed by atoms with Crippen molar-refractivity contribution in [3.63, 3.8) is 0 Å². The minimum absolute atomic E-state index is 0.320. The van der Waals surface area contributed by atoms with E-state index in [1.54, 1.807) is 7.11 Å². The van der Waals surface area contributed by atoms with Crippen LogP contribution in [0.4, 0.5) is 11.5 Å². The van der Waals surface area contributed by atoms with Crippen molar-refractivity contribution < 1.29 is 4.74 Å². The van der Waals surface area contributed by atoms with Crippen LogP contribution in [0.3, 0.4) is 0 Å². The van der Waals surface area contributed by atoms with Crippen LogP contribution in [0, 0.1) is 5.92 Å². The van der Waals surface area contributed by atoms with Crippen LogP contribution in [-0.2, 0) is 4.74 Å². The second kappa shape index (κ2) is 4.84. The van der Waals surface area contributed by atoms with Gasteiger partial charge in [-0.15, -0.1) is 0 Å². The van der Waals surface area contributed by atoms with Crippen LogP contribution in [-0.4, -0.2) is 36.8 Å². The molecule has 0 saturated carbocycles. The third kappa shape index (κ3) is 2.20. The van der Waals surface area contributed by atoms with Gasteiger partial charge in [-0.3, -0.25) is 0 Å². The number of hydrogen-bond donors (Lipinski definition) is 1. The van der Waals surface area contributed by atoms with Crippen LogP contribution in [0.25, 0.3) is 0 Å². The molecule has 6 heteroatoms. The van der Waals surface area contributed by atoms with E-state index in [0.717, 1.165) is 31.9 Å². The second-order valence-corrected chi connectivity index (χ2v) is 4.32. The van der Waals surface area contributed by atoms with Crippen LogP contribution in [0.5, 0.6) is 0 Å². The number of hydrogen-bond acceptors (Lipinski definition) is 5. The largest absolute Gasteiger partial charge is 0.393 e. The number of nitrogens with two attached hydrogens (primary N) is 1. The van der Waals surface area contributed by atoms with Gasteiger partial charge < -0.3 is 15.4 Å². The predicted molar refractivity (Wildman–Crippen MR) is 63.7 cm³/mol. The zero-order valence-electron chi connectivity index (χ0n) is 9.19. The van der Waals surface area contributed by atoms with Gasteiger partial charge in [0, 0.05) is 26.1 Å². The molecule has 88 valence electrons. The lowest BCUT2D eigenvalue weighted by molar-refractivity contribution is 0.161. The Balaban J connectivity index is 2.11. The molecular weight excluding hydrogens is 228 g/mol. The molecule has 1 aliphatic heterocycles. The first-order valence-electron chi connectivity index (χ1n) is 5.22. The summed E-state index contributed by atoms with van der Waals surface area (Å²) in [5.41, 5.74) is 6.31. The first-order valence-corrected chi connectivity index (χ1v) is 5.60. The summed E-state index contributed by atoms with van der Waals surface area (Å²) in [4.78, 5) is 10.2. The maximum atomic E-state index is 5.86. The smallest absolute Gasteiger partial charge is 0.157 e. The molecule has 1 unspecified atom stereocenters. The number of nitrogens with zero attached hydrogens (tertiary/aromatic N) is 3. The van der Waals surface area contributed by atoms with Gasteiger partial charge in [0.05, 0.1) is 6.61 Å². The standard InChI is InChI=1S/C10H15ClN4O/c1-16-5-7-2-3-15(4-7)10-8(12)9(11)13-6-14-10/h6-7H,2-5,12H2,1H3. The van der Waals surface area contributed by atoms with E-state index in [1.807, 2.05) is 0 Å². The number of anilines is 2. The molecule has 2 N–H and O–H groups in total. The van der Waals surface area contributed by atoms with Gasteiger partial charge in [-0.25, -0.2) is 9.97 Å². The molecule has 2 rings (SSSR count). The molecule has 1 aromatic heterocycles. The summed E-state index contributed by atoms with van der Waals surface area (Å²) in [6.45, 7) is 2.62. The molecule has 0 aliphatic carbocycles. The Morgan fingerprint density at radius 1 is 1.62 bits per heavy atom. The third-order valence-corrected chi connectivity index (χ3v) is 3.10. The van der Waals surface area contributed by atoms with Gasteiger partial charge >= 0.3 is 0 Å². The fourth-order valence-corrected chi connectivity index (χ4v) is 2.14. The molecule has 1 saturated heterocycles. The summed E-state index contributed by atoms with van der Waals surface area (Å²) in [7, 11) is 1.72. The van der Waals surface area contributed by atoms with Crippen molar-refractivity contribution in [1.29, 1.82) is 0 Å². The number of nitrogen functional groups attached to an aromatic ring is 1. The molecule has 1 aliphatic rings. The van der Waals surface area contributed by atoms with Crippen molar-refractivity contribution >= 4 is 23.1 Å². The van der Waals surface area contributed by atoms with E-state index in [4.69, 9.17) is 22.1 Å². The van der Waals surface area contributed by atoms with Gasteiger partial charge in [-0.1, -0.05) is 11.6 Å². The van der Waals surface area contributed by atoms with Crippen molar-refractivity contribution in [2.45, 2.75) is 6.42 Å². The Bertz CT molecular complexity index is 374. The molecule has 1 fully saturated rings. The fourth-order valence-electron chi connectivity index (χ4n) is 2.01. The molecule has 0 bridgehead atoms. The maximum Gasteiger partial charge on any atom is 0.157 e. The predicted octanol–water partition coefficient (Wildman–Crippen LogP) is 1.18. The lowest BCUT2D eigenvalue weighted by Crippen LogP contribution is -2.23. The highest BCUT2D eigenvalue weighted by Gasteiger charge is 2.25. The van der Waals surface area contributed by atoms with Crippen molar-refractivity contribution in [2.75, 3.05) is 37.4 Å². The maximum absolute atomic E-state index is 5.86. The summed E-state index contributed by atoms with van der Waals surface area (Å²) >= 11 is 5.86. The number of ether oxygens (including phenoxy) is 1. The first kappa shape index (κ1) is 11.4. The lowest BCUT2D eigenvalue weighted by atomic mass is 10.1. The molecule has 1 atom stereocenters. The number of rotatable bonds is 3. The second-order valence-electron chi connectivity index (χ2n) is 3.96. The van der Waals surface area contributed by atoms with Crippen LogP contribution in [0.15, 0.2) is 6.33 Å². The molecule has 1 aromatic rings. The molecule has 16 heavy (non-hydrogen) atoms. The first-order chi connectivity index (χ1) is 7.72. The van der Waals surface area contributed by atoms with Crippen LogP contribution < -0.4 is 10.6 Å². The molecule has 0 amide bonds. The molecule has 5 nitrogen and oxygen atoms in total. The highest BCUT2D eigenvalue weighted by Crippen LogP contribution is 2.29. The van der Waals surface area contributed by atoms with Crippen LogP contribution >= 0.6 is 11.6 Å². The van der Waals surface area contributed by atoms with E-state index in [1.165, 1.54) is 6.33 Å². The zero-order valence-corrected chi connectivity index (χ0v) is 9.94. The topological polar surface area (TPSA) is 64.3 Å². The van der Waals surface area contributed by atoms with Crippen molar-refractivity contribution in [1.82, 2.24) is 9.97 Å². The summed E-state index contributed by atoms with van der Waals surface area (Å²) in [5, 5.41) is 0.320. The Kier molecular flexibility index (Phi) is 3.46. The quantitative estimate of drug-likeness (QED) is 0.807. The molecule has 0 aromatic carbocycles. The Morgan fingerprint density at radius 3 is 3.19 bits per heavy atom. The van der Waals surface area contributed by atoms with E-state index < -0.39 is 0 Å². The average molecular weight is 243 g/mol. The normalized spacial score (nSPS) is 20.4. The Hall–Kier alpha value is -1.07. The molecule has 2 heterocycles. The summed E-state index contributed by atoms with van der Waals surface area (Å²) < 4.78 is 5.15. The number of methoxy groups -OCH3 is 1. The van der Waals surface area contributed by atoms with Gasteiger partial charge in [-0.2, -0.15) is 0 Å². The average Bonchev–Trinajstić information content (AvgIpc) is 2.71. The van der Waals surface area contributed by atoms with Gasteiger partial charge in [0.15, 0.2) is 11.0 Å². The summed E-state index contributed by atoms with van der Waals surface area (Å²) in [6, 6.07) is 0. The van der Waals surface area contributed by atoms with E-state index in [0.29, 0.717) is 16.8 Å². The number of aromatic nitrogens is 2. The van der Waals surface area contributed by atoms with E-state index >= 15 is 0 Å². The highest BCUT2D eigenvalue weighted by molar-refractivity contribution is 6.32. The molecule has 0 spiro atoms. The van der Waals surface area contributed by atoms with Crippen LogP contribution in [0.2, 0.25) is 5.15 Å². The minimum Gasteiger partial charge on any atom is -0.393 e. The van der Waals surface area contributed by atoms with Crippen molar-refractivity contribution in [3.8, 4) is 0 Å². The highest BCUT2D eigenvalue weighted by atomic mass is 35.5. The van der Waals surface area contributed by atoms with Crippen molar-refractivity contribution in [3.05, 3.63) is 11.5 Å². The van der Waals surface area contributed by atoms with E-state index in [2.05, 4.69) is 14.9 Å². The summed E-state index contributed by atoms with van der Waals surface area (Å²) in [6.07, 6.45) is 2.53. The monoisotopic (exact) mass is 242 g/mol. The van der Waals surface area contributed by atoms with Gasteiger partial charge in [0.25, 0.3) is 0 Å². The summed E-state index contributed by atoms with van der Waals surface area (Å²) in [5.74, 6) is 1.27. The zero-order chi connectivity index (χ0) is 11.5. The van der Waals surface area contributed by atoms with E-state index in [-0.39, 0.29) is 0 Å². The fraction of sp³-hybridized carbons (Fsp3) is 0.600. The van der Waals surface area contributed by atoms with E-state index in [9.17, 15) is 0 Å². The van der Waals surface area contributed by atoms with Gasteiger partial charge in [0.1, 0.15) is 12.0 Å². The Morgan fingerprint density at radius 2 is 2.44 bits per heavy atom. The van der Waals surface area contributed by atoms with Crippen molar-refractivity contribution in [2.24, 2.45) is 5.92 Å². The number of halogens is 1. The molecular formula is C10H15ClN4O. The van der Waals surface area contributed by atoms with Gasteiger partial charge in [-0.05, 0) is 6.42 Å². The minimum atomic E-state index is 0.320. The third-order valence-electron chi connectivity index (χ3n) is 2.80. The lowest BCUT2D eigenvalue weighted by Gasteiger charge is -2.19. The Labute approximate surface area is 99.6 Å². The van der Waals surface area contributed by atoms with Crippen LogP contribution in [0.1, 0.15) is 6.42 Å². The van der Waals surface area contributed by atoms with Gasteiger partial charge in [0.2, 0.25) is 0 Å². The SMILES string of the molecule is COCC1CCN(c2ncnc(Cl)c2N)C1.